The largest absolute Gasteiger partial charge is 0.494 e. The third-order valence-electron chi connectivity index (χ3n) is 6.72. The van der Waals surface area contributed by atoms with Gasteiger partial charge in [-0.3, -0.25) is 0 Å². The molecule has 2 aromatic carbocycles. The molecule has 1 fully saturated rings. The molecule has 2 aliphatic heterocycles. The van der Waals surface area contributed by atoms with E-state index in [-0.39, 0.29) is 0 Å². The van der Waals surface area contributed by atoms with Crippen molar-refractivity contribution in [2.24, 2.45) is 0 Å². The van der Waals surface area contributed by atoms with Crippen molar-refractivity contribution in [3.8, 4) is 16.9 Å². The minimum Gasteiger partial charge on any atom is -0.494 e. The first-order valence-electron chi connectivity index (χ1n) is 12.4. The van der Waals surface area contributed by atoms with Gasteiger partial charge in [0.15, 0.2) is 0 Å². The molecular weight excluding hydrogens is 476 g/mol. The summed E-state index contributed by atoms with van der Waals surface area (Å²) in [7, 11) is -3.16. The molecule has 0 bridgehead atoms. The Morgan fingerprint density at radius 1 is 0.944 bits per heavy atom. The Balaban J connectivity index is 1.09. The van der Waals surface area contributed by atoms with Gasteiger partial charge in [0.25, 0.3) is 0 Å². The van der Waals surface area contributed by atoms with Gasteiger partial charge in [0.2, 0.25) is 16.0 Å². The fraction of sp³-hybridized carbons (Fsp3) is 0.407. The minimum atomic E-state index is -3.16. The summed E-state index contributed by atoms with van der Waals surface area (Å²) in [5.41, 5.74) is 5.60. The monoisotopic (exact) mass is 508 g/mol. The Morgan fingerprint density at radius 3 is 2.42 bits per heavy atom. The molecule has 0 aliphatic carbocycles. The number of aromatic nitrogens is 2. The predicted octanol–water partition coefficient (Wildman–Crippen LogP) is 3.31. The summed E-state index contributed by atoms with van der Waals surface area (Å²) in [5, 5.41) is 0. The van der Waals surface area contributed by atoms with E-state index in [9.17, 15) is 8.42 Å². The highest BCUT2D eigenvalue weighted by Gasteiger charge is 2.23. The number of rotatable bonds is 8. The Bertz CT molecular complexity index is 1270. The van der Waals surface area contributed by atoms with Crippen molar-refractivity contribution in [2.75, 3.05) is 50.6 Å². The summed E-state index contributed by atoms with van der Waals surface area (Å²) in [4.78, 5) is 11.2. The van der Waals surface area contributed by atoms with Gasteiger partial charge in [0, 0.05) is 44.1 Å². The lowest BCUT2D eigenvalue weighted by Gasteiger charge is -2.27. The van der Waals surface area contributed by atoms with Crippen LogP contribution in [0, 0.1) is 0 Å². The first-order valence-corrected chi connectivity index (χ1v) is 14.2. The molecule has 8 nitrogen and oxygen atoms in total. The Labute approximate surface area is 212 Å². The summed E-state index contributed by atoms with van der Waals surface area (Å²) in [6, 6.07) is 14.5. The summed E-state index contributed by atoms with van der Waals surface area (Å²) >= 11 is 0. The molecule has 3 heterocycles. The summed E-state index contributed by atoms with van der Waals surface area (Å²) < 4.78 is 36.5. The molecule has 36 heavy (non-hydrogen) atoms. The molecule has 0 spiro atoms. The zero-order valence-corrected chi connectivity index (χ0v) is 21.4. The maximum Gasteiger partial charge on any atom is 0.225 e. The normalized spacial score (nSPS) is 16.5. The van der Waals surface area contributed by atoms with Crippen LogP contribution in [0.15, 0.2) is 54.9 Å². The van der Waals surface area contributed by atoms with Gasteiger partial charge in [-0.15, -0.1) is 0 Å². The molecule has 2 aliphatic rings. The highest BCUT2D eigenvalue weighted by molar-refractivity contribution is 7.88. The van der Waals surface area contributed by atoms with Gasteiger partial charge in [-0.05, 0) is 53.6 Å². The zero-order valence-electron chi connectivity index (χ0n) is 20.6. The lowest BCUT2D eigenvalue weighted by atomic mass is 10.0. The highest BCUT2D eigenvalue weighted by Crippen LogP contribution is 2.25. The van der Waals surface area contributed by atoms with Crippen LogP contribution >= 0.6 is 0 Å². The lowest BCUT2D eigenvalue weighted by molar-refractivity contribution is 0.122. The summed E-state index contributed by atoms with van der Waals surface area (Å²) in [5.74, 6) is 1.60. The molecule has 190 valence electrons. The van der Waals surface area contributed by atoms with Gasteiger partial charge < -0.3 is 14.4 Å². The standard InChI is InChI=1S/C27H32N4O4S/c1-36(32,33)31-11-10-23-17-26(9-8-24(23)20-31)35-14-2-3-21-4-6-22(7-5-21)25-18-28-27(29-19-25)30-12-15-34-16-13-30/h4-9,17-19H,2-3,10-16,20H2,1H3. The van der Waals surface area contributed by atoms with Gasteiger partial charge in [-0.2, -0.15) is 4.31 Å². The van der Waals surface area contributed by atoms with Crippen molar-refractivity contribution in [3.05, 3.63) is 71.5 Å². The molecule has 1 aromatic heterocycles. The molecular formula is C27H32N4O4S. The van der Waals surface area contributed by atoms with Crippen molar-refractivity contribution < 1.29 is 17.9 Å². The van der Waals surface area contributed by atoms with E-state index in [4.69, 9.17) is 9.47 Å². The van der Waals surface area contributed by atoms with E-state index in [1.807, 2.05) is 24.5 Å². The van der Waals surface area contributed by atoms with Crippen LogP contribution in [0.1, 0.15) is 23.1 Å². The summed E-state index contributed by atoms with van der Waals surface area (Å²) in [6.07, 6.45) is 7.60. The second-order valence-corrected chi connectivity index (χ2v) is 11.3. The molecule has 0 atom stereocenters. The maximum atomic E-state index is 11.8. The first kappa shape index (κ1) is 24.7. The number of hydrogen-bond donors (Lipinski definition) is 0. The number of anilines is 1. The summed E-state index contributed by atoms with van der Waals surface area (Å²) in [6.45, 7) is 4.69. The van der Waals surface area contributed by atoms with Crippen molar-refractivity contribution in [1.29, 1.82) is 0 Å². The van der Waals surface area contributed by atoms with E-state index >= 15 is 0 Å². The lowest BCUT2D eigenvalue weighted by Crippen LogP contribution is -2.37. The van der Waals surface area contributed by atoms with E-state index < -0.39 is 10.0 Å². The fourth-order valence-corrected chi connectivity index (χ4v) is 5.40. The van der Waals surface area contributed by atoms with Gasteiger partial charge in [-0.1, -0.05) is 30.3 Å². The maximum absolute atomic E-state index is 11.8. The molecule has 0 unspecified atom stereocenters. The molecule has 1 saturated heterocycles. The third kappa shape index (κ3) is 6.03. The molecule has 3 aromatic rings. The second-order valence-electron chi connectivity index (χ2n) is 9.30. The van der Waals surface area contributed by atoms with Gasteiger partial charge in [0.1, 0.15) is 5.75 Å². The van der Waals surface area contributed by atoms with Crippen molar-refractivity contribution >= 4 is 16.0 Å². The number of nitrogens with zero attached hydrogens (tertiary/aromatic N) is 4. The molecule has 0 saturated carbocycles. The average molecular weight is 509 g/mol. The smallest absolute Gasteiger partial charge is 0.225 e. The van der Waals surface area contributed by atoms with Crippen molar-refractivity contribution in [1.82, 2.24) is 14.3 Å². The number of ether oxygens (including phenoxy) is 2. The quantitative estimate of drug-likeness (QED) is 0.432. The number of hydrogen-bond acceptors (Lipinski definition) is 7. The molecule has 0 amide bonds. The number of morpholine rings is 1. The predicted molar refractivity (Wildman–Crippen MR) is 140 cm³/mol. The number of aryl methyl sites for hydroxylation is 1. The SMILES string of the molecule is CS(=O)(=O)N1CCc2cc(OCCCc3ccc(-c4cnc(N5CCOCC5)nc4)cc3)ccc2C1. The third-order valence-corrected chi connectivity index (χ3v) is 7.97. The van der Waals surface area contributed by atoms with Gasteiger partial charge >= 0.3 is 0 Å². The van der Waals surface area contributed by atoms with E-state index in [0.29, 0.717) is 26.1 Å². The zero-order chi connectivity index (χ0) is 25.0. The van der Waals surface area contributed by atoms with Crippen LogP contribution in [0.25, 0.3) is 11.1 Å². The molecule has 5 rings (SSSR count). The number of fused-ring (bicyclic) bond motifs is 1. The van der Waals surface area contributed by atoms with Crippen LogP contribution in [-0.2, 0) is 34.1 Å². The van der Waals surface area contributed by atoms with Crippen LogP contribution < -0.4 is 9.64 Å². The first-order chi connectivity index (χ1) is 17.5. The van der Waals surface area contributed by atoms with E-state index in [1.165, 1.54) is 21.7 Å². The Hall–Kier alpha value is -3.01. The van der Waals surface area contributed by atoms with Crippen molar-refractivity contribution in [3.63, 3.8) is 0 Å². The van der Waals surface area contributed by atoms with Crippen LogP contribution in [0.4, 0.5) is 5.95 Å². The van der Waals surface area contributed by atoms with E-state index in [0.717, 1.165) is 67.5 Å². The van der Waals surface area contributed by atoms with E-state index in [1.54, 1.807) is 0 Å². The number of sulfonamides is 1. The van der Waals surface area contributed by atoms with Gasteiger partial charge in [-0.25, -0.2) is 18.4 Å². The van der Waals surface area contributed by atoms with Gasteiger partial charge in [0.05, 0.1) is 26.1 Å². The number of benzene rings is 2. The molecule has 9 heteroatoms. The fourth-order valence-electron chi connectivity index (χ4n) is 4.60. The highest BCUT2D eigenvalue weighted by atomic mass is 32.2. The minimum absolute atomic E-state index is 0.439. The second kappa shape index (κ2) is 10.9. The van der Waals surface area contributed by atoms with Crippen molar-refractivity contribution in [2.45, 2.75) is 25.8 Å². The van der Waals surface area contributed by atoms with E-state index in [2.05, 4.69) is 45.2 Å². The van der Waals surface area contributed by atoms with Crippen LogP contribution in [0.3, 0.4) is 0 Å². The topological polar surface area (TPSA) is 84.9 Å². The van der Waals surface area contributed by atoms with Crippen LogP contribution in [0.5, 0.6) is 5.75 Å². The van der Waals surface area contributed by atoms with Crippen LogP contribution in [0.2, 0.25) is 0 Å². The molecule has 0 N–H and O–H groups in total. The molecule has 0 radical (unpaired) electrons. The van der Waals surface area contributed by atoms with Crippen LogP contribution in [-0.4, -0.2) is 68.4 Å². The Morgan fingerprint density at radius 2 is 1.69 bits per heavy atom. The Kier molecular flexibility index (Phi) is 7.50. The average Bonchev–Trinajstić information content (AvgIpc) is 2.91.